The van der Waals surface area contributed by atoms with Gasteiger partial charge in [0.1, 0.15) is 0 Å². The molecule has 0 aliphatic heterocycles. The number of hydrogen-bond acceptors (Lipinski definition) is 0. The Bertz CT molecular complexity index is 351. The first-order valence-corrected chi connectivity index (χ1v) is 5.30. The van der Waals surface area contributed by atoms with Crippen LogP contribution in [0.5, 0.6) is 0 Å². The van der Waals surface area contributed by atoms with Crippen molar-refractivity contribution in [2.45, 2.75) is 12.8 Å². The zero-order valence-corrected chi connectivity index (χ0v) is 9.02. The van der Waals surface area contributed by atoms with Crippen molar-refractivity contribution < 1.29 is 20.4 Å². The van der Waals surface area contributed by atoms with Crippen LogP contribution < -0.4 is 0 Å². The van der Waals surface area contributed by atoms with Crippen molar-refractivity contribution in [2.24, 2.45) is 0 Å². The summed E-state index contributed by atoms with van der Waals surface area (Å²) in [4.78, 5) is 0. The van der Waals surface area contributed by atoms with E-state index in [0.717, 1.165) is 12.8 Å². The summed E-state index contributed by atoms with van der Waals surface area (Å²) in [5.74, 6) is 0. The average molecular weight is 203 g/mol. The Hall–Kier alpha value is -0.586. The zero-order valence-electron chi connectivity index (χ0n) is 7.46. The molecule has 0 amide bonds. The second kappa shape index (κ2) is 4.08. The van der Waals surface area contributed by atoms with Crippen LogP contribution in [0.2, 0.25) is 0 Å². The van der Waals surface area contributed by atoms with Crippen LogP contribution in [-0.4, -0.2) is 0 Å². The van der Waals surface area contributed by atoms with E-state index >= 15 is 0 Å². The van der Waals surface area contributed by atoms with E-state index in [1.165, 1.54) is 15.0 Å². The molecule has 2 aliphatic rings. The molecule has 63 valence electrons. The molecule has 0 saturated carbocycles. The van der Waals surface area contributed by atoms with E-state index in [1.54, 1.807) is 0 Å². The van der Waals surface area contributed by atoms with Gasteiger partial charge in [0.15, 0.2) is 0 Å². The number of allylic oxidation sites excluding steroid dienone is 10. The molecule has 0 aromatic carbocycles. The standard InChI is InChI=1S/C12H11.Ti/c1-2-4-8-11(7-3-1)12-9-5-6-10-12;/h1-5,7,9H,6,8H2;. The second-order valence-corrected chi connectivity index (χ2v) is 4.15. The van der Waals surface area contributed by atoms with E-state index in [0.29, 0.717) is 0 Å². The van der Waals surface area contributed by atoms with Gasteiger partial charge in [-0.1, -0.05) is 0 Å². The molecule has 0 aromatic rings. The van der Waals surface area contributed by atoms with Gasteiger partial charge in [-0.3, -0.25) is 0 Å². The van der Waals surface area contributed by atoms with Crippen molar-refractivity contribution in [3.05, 3.63) is 57.6 Å². The number of hydrogen-bond donors (Lipinski definition) is 0. The summed E-state index contributed by atoms with van der Waals surface area (Å²) >= 11 is 2.22. The zero-order chi connectivity index (χ0) is 9.10. The molecule has 0 heterocycles. The summed E-state index contributed by atoms with van der Waals surface area (Å²) in [5, 5.41) is 0. The molecule has 0 spiro atoms. The topological polar surface area (TPSA) is 0 Å². The van der Waals surface area contributed by atoms with Crippen molar-refractivity contribution in [1.82, 2.24) is 0 Å². The quantitative estimate of drug-likeness (QED) is 0.574. The molecular weight excluding hydrogens is 192 g/mol. The van der Waals surface area contributed by atoms with E-state index < -0.39 is 0 Å². The van der Waals surface area contributed by atoms with Gasteiger partial charge < -0.3 is 0 Å². The predicted octanol–water partition coefficient (Wildman–Crippen LogP) is 3.19. The Balaban J connectivity index is 2.30. The van der Waals surface area contributed by atoms with Gasteiger partial charge in [0.05, 0.1) is 0 Å². The van der Waals surface area contributed by atoms with Crippen LogP contribution >= 0.6 is 0 Å². The van der Waals surface area contributed by atoms with Gasteiger partial charge in [0, 0.05) is 0 Å². The Kier molecular flexibility index (Phi) is 2.82. The SMILES string of the molecule is [Ti][C]1=C(C2=CC=CC=CC2)C=CC1. The van der Waals surface area contributed by atoms with E-state index in [1.807, 2.05) is 0 Å². The van der Waals surface area contributed by atoms with Gasteiger partial charge in [0.25, 0.3) is 0 Å². The average Bonchev–Trinajstić information content (AvgIpc) is 2.43. The third-order valence-electron chi connectivity index (χ3n) is 2.27. The molecule has 0 radical (unpaired) electrons. The Morgan fingerprint density at radius 2 is 1.92 bits per heavy atom. The molecule has 0 atom stereocenters. The molecule has 0 fully saturated rings. The van der Waals surface area contributed by atoms with Crippen LogP contribution in [0.15, 0.2) is 57.6 Å². The summed E-state index contributed by atoms with van der Waals surface area (Å²) in [7, 11) is 0. The fourth-order valence-corrected chi connectivity index (χ4v) is 2.15. The van der Waals surface area contributed by atoms with Crippen LogP contribution in [0.4, 0.5) is 0 Å². The first-order valence-electron chi connectivity index (χ1n) is 4.52. The maximum atomic E-state index is 2.24. The van der Waals surface area contributed by atoms with E-state index in [4.69, 9.17) is 0 Å². The van der Waals surface area contributed by atoms with Crippen LogP contribution in [0.3, 0.4) is 0 Å². The first-order chi connectivity index (χ1) is 6.38. The van der Waals surface area contributed by atoms with Gasteiger partial charge in [0.2, 0.25) is 0 Å². The summed E-state index contributed by atoms with van der Waals surface area (Å²) < 4.78 is 1.50. The fourth-order valence-electron chi connectivity index (χ4n) is 1.58. The van der Waals surface area contributed by atoms with Gasteiger partial charge in [-0.2, -0.15) is 0 Å². The van der Waals surface area contributed by atoms with Gasteiger partial charge in [-0.05, 0) is 0 Å². The Morgan fingerprint density at radius 1 is 1.00 bits per heavy atom. The molecular formula is C12H11Ti. The third-order valence-corrected chi connectivity index (χ3v) is 3.01. The first kappa shape index (κ1) is 8.99. The van der Waals surface area contributed by atoms with Crippen molar-refractivity contribution in [1.29, 1.82) is 0 Å². The number of rotatable bonds is 1. The molecule has 0 bridgehead atoms. The molecule has 2 rings (SSSR count). The van der Waals surface area contributed by atoms with Crippen LogP contribution in [0, 0.1) is 0 Å². The van der Waals surface area contributed by atoms with E-state index in [2.05, 4.69) is 63.0 Å². The Morgan fingerprint density at radius 3 is 2.69 bits per heavy atom. The Labute approximate surface area is 90.8 Å². The van der Waals surface area contributed by atoms with Crippen molar-refractivity contribution >= 4 is 0 Å². The minimum absolute atomic E-state index is 1.06. The van der Waals surface area contributed by atoms with Crippen LogP contribution in [0.25, 0.3) is 0 Å². The minimum atomic E-state index is 1.06. The van der Waals surface area contributed by atoms with Gasteiger partial charge in [-0.25, -0.2) is 0 Å². The summed E-state index contributed by atoms with van der Waals surface area (Å²) in [6, 6.07) is 0. The molecule has 13 heavy (non-hydrogen) atoms. The molecule has 0 N–H and O–H groups in total. The molecule has 1 heteroatoms. The molecule has 0 unspecified atom stereocenters. The monoisotopic (exact) mass is 203 g/mol. The summed E-state index contributed by atoms with van der Waals surface area (Å²) in [6.07, 6.45) is 17.4. The van der Waals surface area contributed by atoms with E-state index in [9.17, 15) is 0 Å². The fraction of sp³-hybridized carbons (Fsp3) is 0.167. The summed E-state index contributed by atoms with van der Waals surface area (Å²) in [5.41, 5.74) is 2.88. The predicted molar refractivity (Wildman–Crippen MR) is 51.8 cm³/mol. The van der Waals surface area contributed by atoms with Crippen LogP contribution in [0.1, 0.15) is 12.8 Å². The van der Waals surface area contributed by atoms with Crippen LogP contribution in [-0.2, 0) is 20.4 Å². The van der Waals surface area contributed by atoms with Gasteiger partial charge in [-0.15, -0.1) is 0 Å². The van der Waals surface area contributed by atoms with E-state index in [-0.39, 0.29) is 0 Å². The van der Waals surface area contributed by atoms with Crippen molar-refractivity contribution in [3.8, 4) is 0 Å². The molecule has 0 nitrogen and oxygen atoms in total. The normalized spacial score (nSPS) is 20.7. The third kappa shape index (κ3) is 2.01. The molecule has 2 aliphatic carbocycles. The second-order valence-electron chi connectivity index (χ2n) is 3.21. The molecule has 0 saturated heterocycles. The maximum absolute atomic E-state index is 2.24. The molecule has 0 aromatic heterocycles. The van der Waals surface area contributed by atoms with Gasteiger partial charge >= 0.3 is 90.8 Å². The van der Waals surface area contributed by atoms with Crippen molar-refractivity contribution in [3.63, 3.8) is 0 Å². The summed E-state index contributed by atoms with van der Waals surface area (Å²) in [6.45, 7) is 0. The van der Waals surface area contributed by atoms with Crippen molar-refractivity contribution in [2.75, 3.05) is 0 Å².